The molecule has 0 aliphatic heterocycles. The lowest BCUT2D eigenvalue weighted by Crippen LogP contribution is -2.28. The summed E-state index contributed by atoms with van der Waals surface area (Å²) in [5.41, 5.74) is -0.848. The van der Waals surface area contributed by atoms with Crippen LogP contribution in [0.5, 0.6) is 17.2 Å². The van der Waals surface area contributed by atoms with Crippen molar-refractivity contribution in [2.75, 3.05) is 12.4 Å². The molecule has 1 fully saturated rings. The lowest BCUT2D eigenvalue weighted by Gasteiger charge is -2.25. The van der Waals surface area contributed by atoms with E-state index in [0.717, 1.165) is 31.4 Å². The molecule has 0 bridgehead atoms. The average molecular weight is 365 g/mol. The van der Waals surface area contributed by atoms with Crippen molar-refractivity contribution in [1.29, 1.82) is 0 Å². The number of carbonyl (C=O) groups is 1. The first-order chi connectivity index (χ1) is 12.4. The first-order valence-corrected chi connectivity index (χ1v) is 8.21. The zero-order valence-corrected chi connectivity index (χ0v) is 14.1. The minimum absolute atomic E-state index is 0.000421. The van der Waals surface area contributed by atoms with E-state index in [1.54, 1.807) is 24.3 Å². The van der Waals surface area contributed by atoms with Gasteiger partial charge in [-0.2, -0.15) is 13.2 Å². The highest BCUT2D eigenvalue weighted by Gasteiger charge is 2.32. The Morgan fingerprint density at radius 3 is 2.46 bits per heavy atom. The fourth-order valence-electron chi connectivity index (χ4n) is 2.59. The van der Waals surface area contributed by atoms with Gasteiger partial charge in [-0.1, -0.05) is 12.5 Å². The molecule has 0 aromatic heterocycles. The number of benzene rings is 2. The molecule has 1 saturated carbocycles. The second-order valence-corrected chi connectivity index (χ2v) is 6.11. The third kappa shape index (κ3) is 4.09. The maximum Gasteiger partial charge on any atom is 0.416 e. The van der Waals surface area contributed by atoms with E-state index < -0.39 is 11.7 Å². The van der Waals surface area contributed by atoms with Gasteiger partial charge in [-0.05, 0) is 43.2 Å². The topological polar surface area (TPSA) is 47.6 Å². The molecular weight excluding hydrogens is 347 g/mol. The van der Waals surface area contributed by atoms with Crippen LogP contribution in [0.2, 0.25) is 0 Å². The van der Waals surface area contributed by atoms with Gasteiger partial charge in [0, 0.05) is 12.0 Å². The SMILES string of the molecule is COc1cccc(Oc2ccc(C(F)(F)F)cc2NC(=O)C2CCC2)c1. The highest BCUT2D eigenvalue weighted by molar-refractivity contribution is 5.94. The van der Waals surface area contributed by atoms with E-state index in [2.05, 4.69) is 5.32 Å². The predicted molar refractivity (Wildman–Crippen MR) is 90.5 cm³/mol. The first-order valence-electron chi connectivity index (χ1n) is 8.21. The molecule has 4 nitrogen and oxygen atoms in total. The summed E-state index contributed by atoms with van der Waals surface area (Å²) in [6, 6.07) is 9.70. The maximum absolute atomic E-state index is 13.0. The second kappa shape index (κ2) is 7.27. The molecule has 1 aliphatic rings. The number of alkyl halides is 3. The zero-order valence-electron chi connectivity index (χ0n) is 14.1. The number of amides is 1. The van der Waals surface area contributed by atoms with Gasteiger partial charge in [0.25, 0.3) is 0 Å². The normalized spacial score (nSPS) is 14.5. The molecule has 0 atom stereocenters. The molecule has 1 amide bonds. The van der Waals surface area contributed by atoms with Gasteiger partial charge in [-0.15, -0.1) is 0 Å². The van der Waals surface area contributed by atoms with E-state index in [4.69, 9.17) is 9.47 Å². The Morgan fingerprint density at radius 2 is 1.85 bits per heavy atom. The summed E-state index contributed by atoms with van der Waals surface area (Å²) in [6.07, 6.45) is -2.06. The van der Waals surface area contributed by atoms with Crippen LogP contribution in [0.4, 0.5) is 18.9 Å². The number of hydrogen-bond acceptors (Lipinski definition) is 3. The van der Waals surface area contributed by atoms with Crippen LogP contribution in [0, 0.1) is 5.92 Å². The van der Waals surface area contributed by atoms with E-state index in [-0.39, 0.29) is 23.3 Å². The van der Waals surface area contributed by atoms with Crippen molar-refractivity contribution >= 4 is 11.6 Å². The number of carbonyl (C=O) groups excluding carboxylic acids is 1. The van der Waals surface area contributed by atoms with E-state index in [1.165, 1.54) is 13.2 Å². The molecule has 7 heteroatoms. The third-order valence-corrected chi connectivity index (χ3v) is 4.31. The van der Waals surface area contributed by atoms with Gasteiger partial charge >= 0.3 is 6.18 Å². The van der Waals surface area contributed by atoms with Crippen molar-refractivity contribution in [3.05, 3.63) is 48.0 Å². The van der Waals surface area contributed by atoms with Gasteiger partial charge in [0.2, 0.25) is 5.91 Å². The molecule has 26 heavy (non-hydrogen) atoms. The van der Waals surface area contributed by atoms with Gasteiger partial charge in [0.1, 0.15) is 11.5 Å². The van der Waals surface area contributed by atoms with E-state index in [9.17, 15) is 18.0 Å². The molecule has 138 valence electrons. The fourth-order valence-corrected chi connectivity index (χ4v) is 2.59. The molecule has 0 unspecified atom stereocenters. The van der Waals surface area contributed by atoms with Crippen LogP contribution in [-0.4, -0.2) is 13.0 Å². The molecule has 0 spiro atoms. The highest BCUT2D eigenvalue weighted by atomic mass is 19.4. The molecule has 0 saturated heterocycles. The number of methoxy groups -OCH3 is 1. The van der Waals surface area contributed by atoms with Crippen molar-refractivity contribution in [3.8, 4) is 17.2 Å². The van der Waals surface area contributed by atoms with Crippen LogP contribution >= 0.6 is 0 Å². The second-order valence-electron chi connectivity index (χ2n) is 6.11. The average Bonchev–Trinajstić information content (AvgIpc) is 2.54. The minimum Gasteiger partial charge on any atom is -0.497 e. The predicted octanol–water partition coefficient (Wildman–Crippen LogP) is 5.24. The molecule has 0 radical (unpaired) electrons. The standard InChI is InChI=1S/C19H18F3NO3/c1-25-14-6-3-7-15(11-14)26-17-9-8-13(19(20,21)22)10-16(17)23-18(24)12-4-2-5-12/h3,6-12H,2,4-5H2,1H3,(H,23,24). The highest BCUT2D eigenvalue weighted by Crippen LogP contribution is 2.38. The summed E-state index contributed by atoms with van der Waals surface area (Å²) in [5, 5.41) is 2.58. The van der Waals surface area contributed by atoms with E-state index >= 15 is 0 Å². The van der Waals surface area contributed by atoms with Gasteiger partial charge in [0.05, 0.1) is 18.4 Å². The molecule has 3 rings (SSSR count). The van der Waals surface area contributed by atoms with Crippen molar-refractivity contribution in [1.82, 2.24) is 0 Å². The number of hydrogen-bond donors (Lipinski definition) is 1. The van der Waals surface area contributed by atoms with Crippen molar-refractivity contribution in [2.24, 2.45) is 5.92 Å². The molecule has 2 aromatic carbocycles. The van der Waals surface area contributed by atoms with Crippen LogP contribution in [-0.2, 0) is 11.0 Å². The summed E-state index contributed by atoms with van der Waals surface area (Å²) in [5.74, 6) is 0.636. The van der Waals surface area contributed by atoms with Gasteiger partial charge in [0.15, 0.2) is 5.75 Å². The Bertz CT molecular complexity index is 801. The largest absolute Gasteiger partial charge is 0.497 e. The number of ether oxygens (including phenoxy) is 2. The summed E-state index contributed by atoms with van der Waals surface area (Å²) in [6.45, 7) is 0. The minimum atomic E-state index is -4.51. The Hall–Kier alpha value is -2.70. The van der Waals surface area contributed by atoms with Crippen LogP contribution in [0.25, 0.3) is 0 Å². The van der Waals surface area contributed by atoms with Crippen molar-refractivity contribution < 1.29 is 27.4 Å². The molecule has 0 heterocycles. The van der Waals surface area contributed by atoms with Crippen LogP contribution < -0.4 is 14.8 Å². The number of halogens is 3. The summed E-state index contributed by atoms with van der Waals surface area (Å²) in [4.78, 5) is 12.2. The Kier molecular flexibility index (Phi) is 5.06. The lowest BCUT2D eigenvalue weighted by molar-refractivity contribution is -0.137. The molecule has 1 aliphatic carbocycles. The molecule has 1 N–H and O–H groups in total. The Labute approximate surface area is 148 Å². The number of rotatable bonds is 5. The van der Waals surface area contributed by atoms with Crippen molar-refractivity contribution in [2.45, 2.75) is 25.4 Å². The summed E-state index contributed by atoms with van der Waals surface area (Å²) >= 11 is 0. The lowest BCUT2D eigenvalue weighted by atomic mass is 9.85. The van der Waals surface area contributed by atoms with E-state index in [1.807, 2.05) is 0 Å². The number of anilines is 1. The van der Waals surface area contributed by atoms with Gasteiger partial charge in [-0.3, -0.25) is 4.79 Å². The Morgan fingerprint density at radius 1 is 1.12 bits per heavy atom. The number of nitrogens with one attached hydrogen (secondary N) is 1. The van der Waals surface area contributed by atoms with Crippen molar-refractivity contribution in [3.63, 3.8) is 0 Å². The summed E-state index contributed by atoms with van der Waals surface area (Å²) < 4.78 is 49.9. The smallest absolute Gasteiger partial charge is 0.416 e. The van der Waals surface area contributed by atoms with Crippen LogP contribution in [0.3, 0.4) is 0 Å². The van der Waals surface area contributed by atoms with Gasteiger partial charge in [-0.25, -0.2) is 0 Å². The molecular formula is C19H18F3NO3. The monoisotopic (exact) mass is 365 g/mol. The molecule has 2 aromatic rings. The van der Waals surface area contributed by atoms with Gasteiger partial charge < -0.3 is 14.8 Å². The first kappa shape index (κ1) is 18.1. The Balaban J connectivity index is 1.90. The maximum atomic E-state index is 13.0. The third-order valence-electron chi connectivity index (χ3n) is 4.31. The fraction of sp³-hybridized carbons (Fsp3) is 0.316. The quantitative estimate of drug-likeness (QED) is 0.788. The zero-order chi connectivity index (χ0) is 18.7. The van der Waals surface area contributed by atoms with Crippen LogP contribution in [0.1, 0.15) is 24.8 Å². The van der Waals surface area contributed by atoms with E-state index in [0.29, 0.717) is 11.5 Å². The van der Waals surface area contributed by atoms with Crippen LogP contribution in [0.15, 0.2) is 42.5 Å². The summed E-state index contributed by atoms with van der Waals surface area (Å²) in [7, 11) is 1.50.